The zero-order valence-electron chi connectivity index (χ0n) is 12.4. The van der Waals surface area contributed by atoms with Gasteiger partial charge in [0.15, 0.2) is 6.29 Å². The molecule has 112 valence electrons. The van der Waals surface area contributed by atoms with Gasteiger partial charge in [-0.15, -0.1) is 0 Å². The molecule has 19 heavy (non-hydrogen) atoms. The van der Waals surface area contributed by atoms with E-state index in [0.717, 1.165) is 19.5 Å². The third-order valence-electron chi connectivity index (χ3n) is 4.53. The summed E-state index contributed by atoms with van der Waals surface area (Å²) >= 11 is 0. The second-order valence-corrected chi connectivity index (χ2v) is 5.71. The van der Waals surface area contributed by atoms with Gasteiger partial charge in [-0.25, -0.2) is 0 Å². The molecular formula is C15H29NO3. The van der Waals surface area contributed by atoms with Gasteiger partial charge >= 0.3 is 0 Å². The minimum atomic E-state index is -0.117. The van der Waals surface area contributed by atoms with Crippen LogP contribution in [0, 0.1) is 5.92 Å². The largest absolute Gasteiger partial charge is 0.393 e. The van der Waals surface area contributed by atoms with Gasteiger partial charge in [-0.1, -0.05) is 6.42 Å². The topological polar surface area (TPSA) is 41.9 Å². The average Bonchev–Trinajstić information content (AvgIpc) is 2.98. The van der Waals surface area contributed by atoms with E-state index >= 15 is 0 Å². The van der Waals surface area contributed by atoms with Crippen molar-refractivity contribution < 1.29 is 14.6 Å². The molecule has 0 aromatic heterocycles. The molecule has 2 fully saturated rings. The predicted octanol–water partition coefficient (Wildman–Crippen LogP) is 2.01. The first-order valence-corrected chi connectivity index (χ1v) is 7.91. The summed E-state index contributed by atoms with van der Waals surface area (Å²) in [4.78, 5) is 2.48. The molecule has 3 atom stereocenters. The second-order valence-electron chi connectivity index (χ2n) is 5.71. The zero-order chi connectivity index (χ0) is 13.7. The van der Waals surface area contributed by atoms with Crippen molar-refractivity contribution in [3.05, 3.63) is 0 Å². The fourth-order valence-electron chi connectivity index (χ4n) is 3.70. The van der Waals surface area contributed by atoms with Gasteiger partial charge in [0, 0.05) is 31.7 Å². The lowest BCUT2D eigenvalue weighted by atomic mass is 9.94. The standard InChI is InChI=1S/C15H29NO3/c1-3-18-15(19-4-2)11-16-10-6-8-13(16)12-7-5-9-14(12)17/h12-15,17H,3-11H2,1-2H3. The molecular weight excluding hydrogens is 242 g/mol. The Bertz CT molecular complexity index is 256. The summed E-state index contributed by atoms with van der Waals surface area (Å²) in [5.41, 5.74) is 0. The van der Waals surface area contributed by atoms with E-state index in [2.05, 4.69) is 4.90 Å². The van der Waals surface area contributed by atoms with Crippen molar-refractivity contribution in [3.8, 4) is 0 Å². The molecule has 0 radical (unpaired) electrons. The van der Waals surface area contributed by atoms with E-state index in [-0.39, 0.29) is 12.4 Å². The molecule has 1 saturated heterocycles. The Morgan fingerprint density at radius 1 is 1.11 bits per heavy atom. The zero-order valence-corrected chi connectivity index (χ0v) is 12.4. The average molecular weight is 271 g/mol. The van der Waals surface area contributed by atoms with E-state index in [0.29, 0.717) is 25.2 Å². The van der Waals surface area contributed by atoms with Gasteiger partial charge in [-0.2, -0.15) is 0 Å². The third-order valence-corrected chi connectivity index (χ3v) is 4.53. The molecule has 2 aliphatic rings. The lowest BCUT2D eigenvalue weighted by Gasteiger charge is -2.33. The molecule has 1 aliphatic heterocycles. The van der Waals surface area contributed by atoms with Crippen molar-refractivity contribution in [3.63, 3.8) is 0 Å². The first-order chi connectivity index (χ1) is 9.26. The van der Waals surface area contributed by atoms with Crippen molar-refractivity contribution in [2.24, 2.45) is 5.92 Å². The molecule has 0 bridgehead atoms. The van der Waals surface area contributed by atoms with Crippen LogP contribution < -0.4 is 0 Å². The molecule has 4 heteroatoms. The molecule has 1 N–H and O–H groups in total. The van der Waals surface area contributed by atoms with E-state index in [4.69, 9.17) is 9.47 Å². The lowest BCUT2D eigenvalue weighted by molar-refractivity contribution is -0.150. The number of likely N-dealkylation sites (tertiary alicyclic amines) is 1. The highest BCUT2D eigenvalue weighted by Crippen LogP contribution is 2.35. The van der Waals surface area contributed by atoms with Gasteiger partial charge < -0.3 is 14.6 Å². The number of rotatable bonds is 7. The molecule has 1 heterocycles. The van der Waals surface area contributed by atoms with E-state index in [1.165, 1.54) is 25.7 Å². The van der Waals surface area contributed by atoms with Gasteiger partial charge in [0.2, 0.25) is 0 Å². The van der Waals surface area contributed by atoms with Crippen molar-refractivity contribution in [2.45, 2.75) is 64.4 Å². The van der Waals surface area contributed by atoms with Crippen LogP contribution in [0.1, 0.15) is 46.0 Å². The molecule has 4 nitrogen and oxygen atoms in total. The molecule has 1 saturated carbocycles. The van der Waals surface area contributed by atoms with Gasteiger partial charge in [-0.05, 0) is 46.1 Å². The molecule has 0 aromatic carbocycles. The van der Waals surface area contributed by atoms with Gasteiger partial charge in [0.1, 0.15) is 0 Å². The van der Waals surface area contributed by atoms with Crippen LogP contribution in [-0.4, -0.2) is 54.7 Å². The summed E-state index contributed by atoms with van der Waals surface area (Å²) in [6, 6.07) is 0.529. The predicted molar refractivity (Wildman–Crippen MR) is 75.0 cm³/mol. The summed E-state index contributed by atoms with van der Waals surface area (Å²) < 4.78 is 11.3. The maximum Gasteiger partial charge on any atom is 0.170 e. The van der Waals surface area contributed by atoms with Crippen LogP contribution in [0.15, 0.2) is 0 Å². The Kier molecular flexibility index (Phi) is 6.07. The lowest BCUT2D eigenvalue weighted by Crippen LogP contribution is -2.43. The minimum Gasteiger partial charge on any atom is -0.393 e. The first-order valence-electron chi connectivity index (χ1n) is 7.91. The maximum atomic E-state index is 10.1. The van der Waals surface area contributed by atoms with E-state index in [1.807, 2.05) is 13.8 Å². The molecule has 1 aliphatic carbocycles. The summed E-state index contributed by atoms with van der Waals surface area (Å²) in [5.74, 6) is 0.464. The van der Waals surface area contributed by atoms with Crippen LogP contribution >= 0.6 is 0 Å². The highest BCUT2D eigenvalue weighted by atomic mass is 16.7. The summed E-state index contributed by atoms with van der Waals surface area (Å²) in [7, 11) is 0. The minimum absolute atomic E-state index is 0.0942. The van der Waals surface area contributed by atoms with E-state index in [9.17, 15) is 5.11 Å². The SMILES string of the molecule is CCOC(CN1CCCC1C1CCCC1O)OCC. The Morgan fingerprint density at radius 2 is 1.84 bits per heavy atom. The van der Waals surface area contributed by atoms with Crippen LogP contribution in [0.4, 0.5) is 0 Å². The molecule has 0 amide bonds. The normalized spacial score (nSPS) is 32.5. The first kappa shape index (κ1) is 15.2. The highest BCUT2D eigenvalue weighted by Gasteiger charge is 2.38. The molecule has 0 aromatic rings. The number of nitrogens with zero attached hydrogens (tertiary/aromatic N) is 1. The molecule has 3 unspecified atom stereocenters. The van der Waals surface area contributed by atoms with Gasteiger partial charge in [-0.3, -0.25) is 4.90 Å². The second kappa shape index (κ2) is 7.58. The number of ether oxygens (including phenoxy) is 2. The Balaban J connectivity index is 1.90. The van der Waals surface area contributed by atoms with Crippen LogP contribution in [0.5, 0.6) is 0 Å². The van der Waals surface area contributed by atoms with E-state index < -0.39 is 0 Å². The van der Waals surface area contributed by atoms with Crippen LogP contribution in [0.3, 0.4) is 0 Å². The van der Waals surface area contributed by atoms with Crippen molar-refractivity contribution in [2.75, 3.05) is 26.3 Å². The Hall–Kier alpha value is -0.160. The van der Waals surface area contributed by atoms with Crippen molar-refractivity contribution in [1.29, 1.82) is 0 Å². The summed E-state index contributed by atoms with van der Waals surface area (Å²) in [6.45, 7) is 7.35. The molecule has 0 spiro atoms. The van der Waals surface area contributed by atoms with Gasteiger partial charge in [0.05, 0.1) is 6.10 Å². The van der Waals surface area contributed by atoms with Crippen molar-refractivity contribution in [1.82, 2.24) is 4.90 Å². The third kappa shape index (κ3) is 3.91. The maximum absolute atomic E-state index is 10.1. The highest BCUT2D eigenvalue weighted by molar-refractivity contribution is 4.91. The summed E-state index contributed by atoms with van der Waals surface area (Å²) in [5, 5.41) is 10.1. The summed E-state index contributed by atoms with van der Waals surface area (Å²) in [6.07, 6.45) is 5.57. The Morgan fingerprint density at radius 3 is 2.42 bits per heavy atom. The van der Waals surface area contributed by atoms with Crippen LogP contribution in [0.2, 0.25) is 0 Å². The number of hydrogen-bond acceptors (Lipinski definition) is 4. The van der Waals surface area contributed by atoms with Gasteiger partial charge in [0.25, 0.3) is 0 Å². The monoisotopic (exact) mass is 271 g/mol. The Labute approximate surface area is 117 Å². The van der Waals surface area contributed by atoms with Crippen molar-refractivity contribution >= 4 is 0 Å². The number of aliphatic hydroxyl groups excluding tert-OH is 1. The number of aliphatic hydroxyl groups is 1. The quantitative estimate of drug-likeness (QED) is 0.719. The fourth-order valence-corrected chi connectivity index (χ4v) is 3.70. The van der Waals surface area contributed by atoms with Crippen LogP contribution in [0.25, 0.3) is 0 Å². The van der Waals surface area contributed by atoms with Crippen LogP contribution in [-0.2, 0) is 9.47 Å². The number of hydrogen-bond donors (Lipinski definition) is 1. The smallest absolute Gasteiger partial charge is 0.170 e. The fraction of sp³-hybridized carbons (Fsp3) is 1.00. The molecule has 2 rings (SSSR count). The van der Waals surface area contributed by atoms with E-state index in [1.54, 1.807) is 0 Å².